The van der Waals surface area contributed by atoms with E-state index in [1.165, 1.54) is 19.1 Å². The van der Waals surface area contributed by atoms with Gasteiger partial charge in [0.1, 0.15) is 36.0 Å². The van der Waals surface area contributed by atoms with E-state index < -0.39 is 49.2 Å². The van der Waals surface area contributed by atoms with Gasteiger partial charge in [0.25, 0.3) is 0 Å². The van der Waals surface area contributed by atoms with E-state index in [0.29, 0.717) is 0 Å². The van der Waals surface area contributed by atoms with Crippen molar-refractivity contribution >= 4 is 0 Å². The van der Waals surface area contributed by atoms with Gasteiger partial charge in [-0.3, -0.25) is 0 Å². The van der Waals surface area contributed by atoms with E-state index in [4.69, 9.17) is 9.47 Å². The standard InChI is InChI=1S/C23H29FO7/c1-3-13-4-6-14(7-5-13)8-16-17(24)9-15(11-25)10-18(16)30-23-21(29)19(27)20(28)22(31-23)12(2)26/h4-7,9-10,12,19-23,25-29H,3,8,11H2,1-2H3/t12-,19-,20-,21+,22+,23+/m0/s1. The molecule has 0 bridgehead atoms. The summed E-state index contributed by atoms with van der Waals surface area (Å²) in [5, 5.41) is 49.8. The third-order valence-corrected chi connectivity index (χ3v) is 5.53. The molecule has 3 rings (SSSR count). The number of aryl methyl sites for hydroxylation is 1. The molecule has 0 spiro atoms. The molecule has 0 unspecified atom stereocenters. The van der Waals surface area contributed by atoms with E-state index in [0.717, 1.165) is 17.5 Å². The number of aliphatic hydroxyl groups excluding tert-OH is 5. The fourth-order valence-electron chi connectivity index (χ4n) is 3.62. The smallest absolute Gasteiger partial charge is 0.229 e. The Hall–Kier alpha value is -2.07. The summed E-state index contributed by atoms with van der Waals surface area (Å²) >= 11 is 0. The van der Waals surface area contributed by atoms with Crippen molar-refractivity contribution in [3.8, 4) is 5.75 Å². The summed E-state index contributed by atoms with van der Waals surface area (Å²) in [6.07, 6.45) is -7.55. The summed E-state index contributed by atoms with van der Waals surface area (Å²) < 4.78 is 26.1. The summed E-state index contributed by atoms with van der Waals surface area (Å²) in [4.78, 5) is 0. The minimum Gasteiger partial charge on any atom is -0.462 e. The van der Waals surface area contributed by atoms with Crippen LogP contribution in [-0.2, 0) is 24.2 Å². The highest BCUT2D eigenvalue weighted by molar-refractivity contribution is 5.42. The summed E-state index contributed by atoms with van der Waals surface area (Å²) in [5.41, 5.74) is 2.42. The van der Waals surface area contributed by atoms with Gasteiger partial charge in [-0.25, -0.2) is 4.39 Å². The molecule has 1 heterocycles. The third-order valence-electron chi connectivity index (χ3n) is 5.53. The summed E-state index contributed by atoms with van der Waals surface area (Å²) in [5.74, 6) is -0.570. The highest BCUT2D eigenvalue weighted by Gasteiger charge is 2.46. The van der Waals surface area contributed by atoms with Gasteiger partial charge in [0, 0.05) is 12.0 Å². The highest BCUT2D eigenvalue weighted by Crippen LogP contribution is 2.31. The van der Waals surface area contributed by atoms with Crippen LogP contribution in [0, 0.1) is 5.82 Å². The second-order valence-corrected chi connectivity index (χ2v) is 7.86. The SMILES string of the molecule is CCc1ccc(Cc2c(F)cc(CO)cc2O[C@@H]2O[C@H]([C@H](C)O)[C@@H](O)[C@H](O)[C@H]2O)cc1. The van der Waals surface area contributed by atoms with Crippen LogP contribution in [-0.4, -0.2) is 62.3 Å². The quantitative estimate of drug-likeness (QED) is 0.440. The third kappa shape index (κ3) is 5.23. The Morgan fingerprint density at radius 1 is 1.00 bits per heavy atom. The van der Waals surface area contributed by atoms with Gasteiger partial charge in [0.2, 0.25) is 6.29 Å². The van der Waals surface area contributed by atoms with Crippen LogP contribution in [0.15, 0.2) is 36.4 Å². The molecule has 5 N–H and O–H groups in total. The first-order valence-corrected chi connectivity index (χ1v) is 10.3. The van der Waals surface area contributed by atoms with Crippen molar-refractivity contribution < 1.29 is 39.4 Å². The Balaban J connectivity index is 1.92. The number of benzene rings is 2. The van der Waals surface area contributed by atoms with Crippen molar-refractivity contribution in [2.45, 2.75) is 70.1 Å². The Labute approximate surface area is 180 Å². The average molecular weight is 436 g/mol. The van der Waals surface area contributed by atoms with Gasteiger partial charge in [0.15, 0.2) is 0 Å². The van der Waals surface area contributed by atoms with Gasteiger partial charge in [-0.1, -0.05) is 31.2 Å². The number of hydrogen-bond donors (Lipinski definition) is 5. The second kappa shape index (κ2) is 10.0. The highest BCUT2D eigenvalue weighted by atomic mass is 19.1. The van der Waals surface area contributed by atoms with Crippen molar-refractivity contribution in [3.63, 3.8) is 0 Å². The van der Waals surface area contributed by atoms with Crippen molar-refractivity contribution in [1.29, 1.82) is 0 Å². The first-order chi connectivity index (χ1) is 14.7. The molecule has 2 aromatic carbocycles. The number of ether oxygens (including phenoxy) is 2. The Kier molecular flexibility index (Phi) is 7.64. The molecule has 6 atom stereocenters. The van der Waals surface area contributed by atoms with Crippen molar-refractivity contribution in [2.75, 3.05) is 0 Å². The largest absolute Gasteiger partial charge is 0.462 e. The van der Waals surface area contributed by atoms with Gasteiger partial charge < -0.3 is 35.0 Å². The molecular weight excluding hydrogens is 407 g/mol. The van der Waals surface area contributed by atoms with Gasteiger partial charge in [-0.15, -0.1) is 0 Å². The molecule has 0 aromatic heterocycles. The van der Waals surface area contributed by atoms with Gasteiger partial charge in [-0.05, 0) is 42.2 Å². The van der Waals surface area contributed by atoms with E-state index in [-0.39, 0.29) is 23.3 Å². The predicted octanol–water partition coefficient (Wildman–Crippen LogP) is 1.04. The molecule has 0 aliphatic carbocycles. The summed E-state index contributed by atoms with van der Waals surface area (Å²) in [6.45, 7) is 2.98. The lowest BCUT2D eigenvalue weighted by Gasteiger charge is -2.41. The van der Waals surface area contributed by atoms with Crippen LogP contribution in [0.4, 0.5) is 4.39 Å². The van der Waals surface area contributed by atoms with E-state index >= 15 is 0 Å². The number of rotatable bonds is 7. The average Bonchev–Trinajstić information content (AvgIpc) is 2.76. The zero-order valence-corrected chi connectivity index (χ0v) is 17.5. The lowest BCUT2D eigenvalue weighted by Crippen LogP contribution is -2.61. The maximum absolute atomic E-state index is 14.9. The predicted molar refractivity (Wildman–Crippen MR) is 110 cm³/mol. The van der Waals surface area contributed by atoms with Crippen molar-refractivity contribution in [1.82, 2.24) is 0 Å². The summed E-state index contributed by atoms with van der Waals surface area (Å²) in [7, 11) is 0. The normalized spacial score (nSPS) is 27.2. The van der Waals surface area contributed by atoms with Gasteiger partial charge >= 0.3 is 0 Å². The van der Waals surface area contributed by atoms with Crippen LogP contribution in [0.25, 0.3) is 0 Å². The van der Waals surface area contributed by atoms with Gasteiger partial charge in [0.05, 0.1) is 12.7 Å². The monoisotopic (exact) mass is 436 g/mol. The van der Waals surface area contributed by atoms with Crippen LogP contribution in [0.5, 0.6) is 5.75 Å². The molecule has 170 valence electrons. The van der Waals surface area contributed by atoms with Crippen LogP contribution in [0.1, 0.15) is 36.1 Å². The minimum atomic E-state index is -1.64. The molecule has 1 aliphatic heterocycles. The van der Waals surface area contributed by atoms with E-state index in [9.17, 15) is 29.9 Å². The lowest BCUT2D eigenvalue weighted by molar-refractivity contribution is -0.286. The Morgan fingerprint density at radius 3 is 2.23 bits per heavy atom. The lowest BCUT2D eigenvalue weighted by atomic mass is 9.96. The molecule has 1 saturated heterocycles. The van der Waals surface area contributed by atoms with Crippen molar-refractivity contribution in [2.24, 2.45) is 0 Å². The Bertz CT molecular complexity index is 871. The zero-order valence-electron chi connectivity index (χ0n) is 17.5. The number of halogens is 1. The van der Waals surface area contributed by atoms with Crippen molar-refractivity contribution in [3.05, 3.63) is 64.5 Å². The molecule has 31 heavy (non-hydrogen) atoms. The van der Waals surface area contributed by atoms with E-state index in [1.807, 2.05) is 31.2 Å². The van der Waals surface area contributed by atoms with Gasteiger partial charge in [-0.2, -0.15) is 0 Å². The maximum Gasteiger partial charge on any atom is 0.229 e. The summed E-state index contributed by atoms with van der Waals surface area (Å²) in [6, 6.07) is 10.3. The number of aliphatic hydroxyl groups is 5. The number of hydrogen-bond acceptors (Lipinski definition) is 7. The van der Waals surface area contributed by atoms with Crippen LogP contribution < -0.4 is 4.74 Å². The Morgan fingerprint density at radius 2 is 1.65 bits per heavy atom. The molecule has 7 nitrogen and oxygen atoms in total. The van der Waals surface area contributed by atoms with E-state index in [1.54, 1.807) is 0 Å². The topological polar surface area (TPSA) is 120 Å². The maximum atomic E-state index is 14.9. The molecule has 0 amide bonds. The molecule has 0 saturated carbocycles. The molecule has 2 aromatic rings. The molecule has 8 heteroatoms. The second-order valence-electron chi connectivity index (χ2n) is 7.86. The fraction of sp³-hybridized carbons (Fsp3) is 0.478. The van der Waals surface area contributed by atoms with Crippen LogP contribution >= 0.6 is 0 Å². The minimum absolute atomic E-state index is 0.0283. The van der Waals surface area contributed by atoms with Crippen LogP contribution in [0.2, 0.25) is 0 Å². The molecule has 0 radical (unpaired) electrons. The first-order valence-electron chi connectivity index (χ1n) is 10.3. The fourth-order valence-corrected chi connectivity index (χ4v) is 3.62. The molecule has 1 aliphatic rings. The van der Waals surface area contributed by atoms with Crippen LogP contribution in [0.3, 0.4) is 0 Å². The van der Waals surface area contributed by atoms with E-state index in [2.05, 4.69) is 0 Å². The first kappa shape index (κ1) is 23.6. The molecule has 1 fully saturated rings. The molecular formula is C23H29FO7. The zero-order chi connectivity index (χ0) is 22.7.